The van der Waals surface area contributed by atoms with E-state index in [9.17, 15) is 9.59 Å². The summed E-state index contributed by atoms with van der Waals surface area (Å²) in [7, 11) is 0. The Hall–Kier alpha value is -3.39. The maximum absolute atomic E-state index is 13.4. The van der Waals surface area contributed by atoms with Crippen molar-refractivity contribution in [2.75, 3.05) is 4.90 Å². The highest BCUT2D eigenvalue weighted by atomic mass is 32.2. The molecule has 1 saturated heterocycles. The molecule has 3 amide bonds. The maximum atomic E-state index is 13.4. The first-order valence-corrected chi connectivity index (χ1v) is 10.9. The molecule has 0 aliphatic carbocycles. The van der Waals surface area contributed by atoms with Gasteiger partial charge in [-0.05, 0) is 42.5 Å². The molecular weight excluding hydrogens is 412 g/mol. The van der Waals surface area contributed by atoms with Crippen LogP contribution in [0.2, 0.25) is 0 Å². The fourth-order valence-corrected chi connectivity index (χ4v) is 4.96. The molecule has 156 valence electrons. The highest BCUT2D eigenvalue weighted by Crippen LogP contribution is 2.37. The Morgan fingerprint density at radius 2 is 1.94 bits per heavy atom. The largest absolute Gasteiger partial charge is 0.337 e. The summed E-state index contributed by atoms with van der Waals surface area (Å²) in [5.74, 6) is 0.601. The molecule has 2 unspecified atom stereocenters. The number of fused-ring (bicyclic) bond motifs is 1. The van der Waals surface area contributed by atoms with E-state index >= 15 is 0 Å². The second-order valence-electron chi connectivity index (χ2n) is 7.63. The number of amides is 3. The van der Waals surface area contributed by atoms with Crippen LogP contribution in [-0.4, -0.2) is 38.3 Å². The fraction of sp³-hybridized carbons (Fsp3) is 0.217. The summed E-state index contributed by atoms with van der Waals surface area (Å²) in [4.78, 5) is 33.9. The topological polar surface area (TPSA) is 79.5 Å². The van der Waals surface area contributed by atoms with E-state index in [4.69, 9.17) is 4.52 Å². The van der Waals surface area contributed by atoms with Crippen LogP contribution in [0.4, 0.5) is 10.5 Å². The van der Waals surface area contributed by atoms with Crippen molar-refractivity contribution >= 4 is 29.4 Å². The van der Waals surface area contributed by atoms with Crippen LogP contribution >= 0.6 is 11.8 Å². The Balaban J connectivity index is 1.47. The van der Waals surface area contributed by atoms with E-state index in [2.05, 4.69) is 10.1 Å². The molecule has 5 rings (SSSR count). The Labute approximate surface area is 183 Å². The number of imide groups is 1. The third-order valence-electron chi connectivity index (χ3n) is 5.49. The fourth-order valence-electron chi connectivity index (χ4n) is 3.92. The number of benzene rings is 2. The van der Waals surface area contributed by atoms with Gasteiger partial charge in [0.2, 0.25) is 11.7 Å². The molecule has 3 aromatic rings. The molecule has 2 aliphatic heterocycles. The number of nitrogens with zero attached hydrogens (tertiary/aromatic N) is 4. The zero-order valence-electron chi connectivity index (χ0n) is 17.1. The van der Waals surface area contributed by atoms with Gasteiger partial charge in [-0.15, -0.1) is 11.8 Å². The van der Waals surface area contributed by atoms with Crippen molar-refractivity contribution in [1.82, 2.24) is 15.0 Å². The molecule has 0 radical (unpaired) electrons. The lowest BCUT2D eigenvalue weighted by atomic mass is 10.1. The Bertz CT molecular complexity index is 1200. The predicted octanol–water partition coefficient (Wildman–Crippen LogP) is 4.32. The first-order valence-electron chi connectivity index (χ1n) is 9.95. The van der Waals surface area contributed by atoms with Gasteiger partial charge >= 0.3 is 6.03 Å². The first kappa shape index (κ1) is 19.6. The van der Waals surface area contributed by atoms with E-state index in [1.807, 2.05) is 67.8 Å². The van der Waals surface area contributed by atoms with Gasteiger partial charge in [0.1, 0.15) is 11.8 Å². The number of aryl methyl sites for hydroxylation is 2. The molecule has 8 heteroatoms. The summed E-state index contributed by atoms with van der Waals surface area (Å²) in [6, 6.07) is 14.4. The van der Waals surface area contributed by atoms with E-state index in [1.54, 1.807) is 11.0 Å². The highest BCUT2D eigenvalue weighted by Gasteiger charge is 2.48. The van der Waals surface area contributed by atoms with Gasteiger partial charge in [0.25, 0.3) is 5.91 Å². The third kappa shape index (κ3) is 3.42. The van der Waals surface area contributed by atoms with Gasteiger partial charge in [-0.25, -0.2) is 9.69 Å². The van der Waals surface area contributed by atoms with Crippen molar-refractivity contribution in [2.45, 2.75) is 31.7 Å². The molecule has 2 aliphatic rings. The smallest absolute Gasteiger partial charge is 0.332 e. The van der Waals surface area contributed by atoms with Gasteiger partial charge in [-0.3, -0.25) is 4.79 Å². The molecule has 0 saturated carbocycles. The van der Waals surface area contributed by atoms with E-state index < -0.39 is 5.25 Å². The highest BCUT2D eigenvalue weighted by molar-refractivity contribution is 8.03. The number of rotatable bonds is 4. The summed E-state index contributed by atoms with van der Waals surface area (Å²) in [6.45, 7) is 4.04. The lowest BCUT2D eigenvalue weighted by molar-refractivity contribution is -0.119. The van der Waals surface area contributed by atoms with Crippen LogP contribution < -0.4 is 4.90 Å². The molecular formula is C23H20N4O3S. The molecule has 31 heavy (non-hydrogen) atoms. The number of carbonyl (C=O) groups is 2. The van der Waals surface area contributed by atoms with Crippen molar-refractivity contribution < 1.29 is 14.1 Å². The van der Waals surface area contributed by atoms with Gasteiger partial charge in [-0.1, -0.05) is 47.6 Å². The molecule has 1 fully saturated rings. The number of urea groups is 1. The van der Waals surface area contributed by atoms with Crippen LogP contribution in [0.25, 0.3) is 11.4 Å². The van der Waals surface area contributed by atoms with Crippen molar-refractivity contribution in [1.29, 1.82) is 0 Å². The second-order valence-corrected chi connectivity index (χ2v) is 8.68. The lowest BCUT2D eigenvalue weighted by Gasteiger charge is -2.40. The van der Waals surface area contributed by atoms with Crippen LogP contribution in [0, 0.1) is 13.8 Å². The lowest BCUT2D eigenvalue weighted by Crippen LogP contribution is -2.61. The Morgan fingerprint density at radius 1 is 1.10 bits per heavy atom. The van der Waals surface area contributed by atoms with Crippen LogP contribution in [0.5, 0.6) is 0 Å². The third-order valence-corrected chi connectivity index (χ3v) is 6.58. The van der Waals surface area contributed by atoms with E-state index in [0.717, 1.165) is 16.7 Å². The number of anilines is 1. The van der Waals surface area contributed by atoms with Crippen molar-refractivity contribution in [2.24, 2.45) is 0 Å². The average molecular weight is 433 g/mol. The predicted molar refractivity (Wildman–Crippen MR) is 118 cm³/mol. The molecule has 3 heterocycles. The van der Waals surface area contributed by atoms with Crippen molar-refractivity contribution in [3.05, 3.63) is 77.0 Å². The Kier molecular flexibility index (Phi) is 4.86. The summed E-state index contributed by atoms with van der Waals surface area (Å²) in [5, 5.41) is 5.58. The minimum Gasteiger partial charge on any atom is -0.337 e. The van der Waals surface area contributed by atoms with Gasteiger partial charge < -0.3 is 9.42 Å². The number of thioether (sulfide) groups is 1. The minimum absolute atomic E-state index is 0.124. The molecule has 2 aromatic carbocycles. The van der Waals surface area contributed by atoms with E-state index in [0.29, 0.717) is 17.4 Å². The molecule has 1 aromatic heterocycles. The summed E-state index contributed by atoms with van der Waals surface area (Å²) in [5.41, 5.74) is 3.46. The van der Waals surface area contributed by atoms with Crippen molar-refractivity contribution in [3.63, 3.8) is 0 Å². The monoisotopic (exact) mass is 432 g/mol. The zero-order valence-corrected chi connectivity index (χ0v) is 17.9. The summed E-state index contributed by atoms with van der Waals surface area (Å²) < 4.78 is 5.47. The normalized spacial score (nSPS) is 20.5. The SMILES string of the molecule is Cc1cccc(N2C(=O)C3SC=CC3N(Cc3nc(-c4ccccc4C)no3)C2=O)c1. The van der Waals surface area contributed by atoms with Crippen LogP contribution in [0.3, 0.4) is 0 Å². The number of hydrogen-bond donors (Lipinski definition) is 0. The number of hydrogen-bond acceptors (Lipinski definition) is 6. The average Bonchev–Trinajstić information content (AvgIpc) is 3.42. The molecule has 0 bridgehead atoms. The van der Waals surface area contributed by atoms with E-state index in [-0.39, 0.29) is 24.5 Å². The van der Waals surface area contributed by atoms with Crippen molar-refractivity contribution in [3.8, 4) is 11.4 Å². The standard InChI is InChI=1S/C23H20N4O3S/c1-14-6-5-8-16(12-14)27-22(28)20-18(10-11-31-20)26(23(27)29)13-19-24-21(25-30-19)17-9-4-3-7-15(17)2/h3-12,18,20H,13H2,1-2H3. The quantitative estimate of drug-likeness (QED) is 0.611. The van der Waals surface area contributed by atoms with E-state index in [1.165, 1.54) is 16.7 Å². The Morgan fingerprint density at radius 3 is 2.74 bits per heavy atom. The van der Waals surface area contributed by atoms with Gasteiger partial charge in [0.05, 0.1) is 11.7 Å². The van der Waals surface area contributed by atoms with Gasteiger partial charge in [0, 0.05) is 5.56 Å². The molecule has 0 N–H and O–H groups in total. The number of carbonyl (C=O) groups excluding carboxylic acids is 2. The zero-order chi connectivity index (χ0) is 21.5. The molecule has 2 atom stereocenters. The molecule has 7 nitrogen and oxygen atoms in total. The van der Waals surface area contributed by atoms with Crippen LogP contribution in [-0.2, 0) is 11.3 Å². The first-order chi connectivity index (χ1) is 15.0. The maximum Gasteiger partial charge on any atom is 0.332 e. The summed E-state index contributed by atoms with van der Waals surface area (Å²) in [6.07, 6.45) is 1.89. The second kappa shape index (κ2) is 7.70. The van der Waals surface area contributed by atoms with Crippen LogP contribution in [0.15, 0.2) is 64.5 Å². The summed E-state index contributed by atoms with van der Waals surface area (Å²) >= 11 is 1.43. The minimum atomic E-state index is -0.392. The number of aromatic nitrogens is 2. The van der Waals surface area contributed by atoms with Gasteiger partial charge in [-0.2, -0.15) is 4.98 Å². The van der Waals surface area contributed by atoms with Gasteiger partial charge in [0.15, 0.2) is 0 Å². The molecule has 0 spiro atoms. The van der Waals surface area contributed by atoms with Crippen LogP contribution in [0.1, 0.15) is 17.0 Å².